The number of aryl methyl sites for hydroxylation is 2. The Balaban J connectivity index is 3.14. The number of hydrazine groups is 1. The van der Waals surface area contributed by atoms with Crippen molar-refractivity contribution in [2.24, 2.45) is 5.84 Å². The first-order valence-electron chi connectivity index (χ1n) is 5.51. The number of rotatable bonds is 4. The van der Waals surface area contributed by atoms with Gasteiger partial charge in [-0.3, -0.25) is 11.3 Å². The Bertz CT molecular complexity index is 361. The van der Waals surface area contributed by atoms with Gasteiger partial charge in [0.05, 0.1) is 11.6 Å². The van der Waals surface area contributed by atoms with Crippen LogP contribution in [0.1, 0.15) is 36.6 Å². The molecule has 0 saturated carbocycles. The smallest absolute Gasteiger partial charge is 0.0829 e. The zero-order valence-corrected chi connectivity index (χ0v) is 10.8. The van der Waals surface area contributed by atoms with Crippen LogP contribution in [0.2, 0.25) is 0 Å². The molecule has 0 amide bonds. The van der Waals surface area contributed by atoms with Gasteiger partial charge in [-0.1, -0.05) is 23.8 Å². The summed E-state index contributed by atoms with van der Waals surface area (Å²) in [5.41, 5.74) is 6.17. The standard InChI is InChI=1S/C13H22N2O/c1-9-6-7-11(10(2)8-9)12(15-14)13(3,4)16-5/h6-8,12,15H,14H2,1-5H3. The molecule has 0 heterocycles. The van der Waals surface area contributed by atoms with Gasteiger partial charge in [0.25, 0.3) is 0 Å². The van der Waals surface area contributed by atoms with E-state index in [0.29, 0.717) is 0 Å². The minimum atomic E-state index is -0.339. The fourth-order valence-electron chi connectivity index (χ4n) is 1.93. The number of nitrogens with two attached hydrogens (primary N) is 1. The molecule has 1 atom stereocenters. The van der Waals surface area contributed by atoms with E-state index in [1.54, 1.807) is 7.11 Å². The molecule has 0 aliphatic rings. The van der Waals surface area contributed by atoms with E-state index in [0.717, 1.165) is 0 Å². The summed E-state index contributed by atoms with van der Waals surface area (Å²) in [5.74, 6) is 5.64. The van der Waals surface area contributed by atoms with Crippen molar-refractivity contribution in [3.63, 3.8) is 0 Å². The van der Waals surface area contributed by atoms with Gasteiger partial charge in [-0.15, -0.1) is 0 Å². The van der Waals surface area contributed by atoms with Gasteiger partial charge in [0.15, 0.2) is 0 Å². The number of hydrogen-bond donors (Lipinski definition) is 2. The Morgan fingerprint density at radius 2 is 1.94 bits per heavy atom. The third kappa shape index (κ3) is 2.61. The number of hydrogen-bond acceptors (Lipinski definition) is 3. The van der Waals surface area contributed by atoms with Gasteiger partial charge in [0, 0.05) is 7.11 Å². The molecular formula is C13H22N2O. The first-order valence-corrected chi connectivity index (χ1v) is 5.51. The molecule has 0 radical (unpaired) electrons. The van der Waals surface area contributed by atoms with Gasteiger partial charge in [-0.05, 0) is 38.8 Å². The Morgan fingerprint density at radius 1 is 1.31 bits per heavy atom. The molecule has 3 heteroatoms. The van der Waals surface area contributed by atoms with Crippen LogP contribution in [0.3, 0.4) is 0 Å². The second-order valence-corrected chi connectivity index (χ2v) is 4.77. The number of ether oxygens (including phenoxy) is 1. The molecule has 0 fully saturated rings. The molecule has 1 aromatic rings. The molecule has 3 nitrogen and oxygen atoms in total. The van der Waals surface area contributed by atoms with E-state index in [-0.39, 0.29) is 11.6 Å². The van der Waals surface area contributed by atoms with Crippen LogP contribution in [-0.2, 0) is 4.74 Å². The Hall–Kier alpha value is -0.900. The third-order valence-corrected chi connectivity index (χ3v) is 3.12. The summed E-state index contributed by atoms with van der Waals surface area (Å²) in [6.07, 6.45) is 0. The molecule has 90 valence electrons. The molecule has 0 bridgehead atoms. The van der Waals surface area contributed by atoms with E-state index in [1.165, 1.54) is 16.7 Å². The van der Waals surface area contributed by atoms with Gasteiger partial charge in [0.1, 0.15) is 0 Å². The number of benzene rings is 1. The summed E-state index contributed by atoms with van der Waals surface area (Å²) in [4.78, 5) is 0. The summed E-state index contributed by atoms with van der Waals surface area (Å²) in [6.45, 7) is 8.23. The van der Waals surface area contributed by atoms with Crippen LogP contribution >= 0.6 is 0 Å². The minimum absolute atomic E-state index is 0.0156. The van der Waals surface area contributed by atoms with Crippen molar-refractivity contribution in [3.8, 4) is 0 Å². The molecule has 1 rings (SSSR count). The topological polar surface area (TPSA) is 47.3 Å². The largest absolute Gasteiger partial charge is 0.377 e. The average molecular weight is 222 g/mol. The van der Waals surface area contributed by atoms with Gasteiger partial charge >= 0.3 is 0 Å². The maximum Gasteiger partial charge on any atom is 0.0829 e. The van der Waals surface area contributed by atoms with Crippen molar-refractivity contribution in [2.75, 3.05) is 7.11 Å². The zero-order chi connectivity index (χ0) is 12.3. The van der Waals surface area contributed by atoms with E-state index in [9.17, 15) is 0 Å². The van der Waals surface area contributed by atoms with Crippen molar-refractivity contribution in [2.45, 2.75) is 39.3 Å². The Morgan fingerprint density at radius 3 is 2.38 bits per heavy atom. The monoisotopic (exact) mass is 222 g/mol. The molecule has 0 spiro atoms. The summed E-state index contributed by atoms with van der Waals surface area (Å²) < 4.78 is 5.49. The molecule has 1 aromatic carbocycles. The van der Waals surface area contributed by atoms with Crippen LogP contribution in [0.5, 0.6) is 0 Å². The summed E-state index contributed by atoms with van der Waals surface area (Å²) >= 11 is 0. The van der Waals surface area contributed by atoms with Crippen LogP contribution in [-0.4, -0.2) is 12.7 Å². The van der Waals surface area contributed by atoms with Gasteiger partial charge < -0.3 is 4.74 Å². The van der Waals surface area contributed by atoms with E-state index >= 15 is 0 Å². The number of nitrogens with one attached hydrogen (secondary N) is 1. The van der Waals surface area contributed by atoms with Crippen molar-refractivity contribution in [1.82, 2.24) is 5.43 Å². The lowest BCUT2D eigenvalue weighted by molar-refractivity contribution is -0.0113. The van der Waals surface area contributed by atoms with Gasteiger partial charge in [-0.25, -0.2) is 0 Å². The van der Waals surface area contributed by atoms with Crippen molar-refractivity contribution in [3.05, 3.63) is 34.9 Å². The zero-order valence-electron chi connectivity index (χ0n) is 10.8. The minimum Gasteiger partial charge on any atom is -0.377 e. The van der Waals surface area contributed by atoms with Crippen LogP contribution in [0.4, 0.5) is 0 Å². The van der Waals surface area contributed by atoms with Crippen molar-refractivity contribution >= 4 is 0 Å². The maximum atomic E-state index is 5.64. The lowest BCUT2D eigenvalue weighted by Gasteiger charge is -2.33. The van der Waals surface area contributed by atoms with E-state index < -0.39 is 0 Å². The molecule has 3 N–H and O–H groups in total. The second-order valence-electron chi connectivity index (χ2n) is 4.77. The van der Waals surface area contributed by atoms with Gasteiger partial charge in [0.2, 0.25) is 0 Å². The maximum absolute atomic E-state index is 5.64. The molecule has 0 aliphatic heterocycles. The van der Waals surface area contributed by atoms with Crippen LogP contribution < -0.4 is 11.3 Å². The van der Waals surface area contributed by atoms with Crippen molar-refractivity contribution in [1.29, 1.82) is 0 Å². The van der Waals surface area contributed by atoms with E-state index in [1.807, 2.05) is 13.8 Å². The highest BCUT2D eigenvalue weighted by molar-refractivity contribution is 5.34. The highest BCUT2D eigenvalue weighted by atomic mass is 16.5. The van der Waals surface area contributed by atoms with Crippen molar-refractivity contribution < 1.29 is 4.74 Å². The Kier molecular flexibility index (Phi) is 4.08. The van der Waals surface area contributed by atoms with E-state index in [4.69, 9.17) is 10.6 Å². The normalized spacial score (nSPS) is 13.9. The first kappa shape index (κ1) is 13.2. The predicted molar refractivity (Wildman–Crippen MR) is 67.1 cm³/mol. The third-order valence-electron chi connectivity index (χ3n) is 3.12. The highest BCUT2D eigenvalue weighted by Gasteiger charge is 2.30. The first-order chi connectivity index (χ1) is 7.42. The molecule has 0 saturated heterocycles. The summed E-state index contributed by atoms with van der Waals surface area (Å²) in [7, 11) is 1.70. The average Bonchev–Trinajstić information content (AvgIpc) is 2.22. The summed E-state index contributed by atoms with van der Waals surface area (Å²) in [5, 5.41) is 0. The quantitative estimate of drug-likeness (QED) is 0.606. The second kappa shape index (κ2) is 4.95. The highest BCUT2D eigenvalue weighted by Crippen LogP contribution is 2.30. The SMILES string of the molecule is COC(C)(C)C(NN)c1ccc(C)cc1C. The molecular weight excluding hydrogens is 200 g/mol. The molecule has 1 unspecified atom stereocenters. The number of methoxy groups -OCH3 is 1. The van der Waals surface area contributed by atoms with Crippen LogP contribution in [0.25, 0.3) is 0 Å². The fourth-order valence-corrected chi connectivity index (χ4v) is 1.93. The predicted octanol–water partition coefficient (Wildman–Crippen LogP) is 2.23. The molecule has 0 aromatic heterocycles. The van der Waals surface area contributed by atoms with Crippen LogP contribution in [0, 0.1) is 13.8 Å². The van der Waals surface area contributed by atoms with Crippen LogP contribution in [0.15, 0.2) is 18.2 Å². The lowest BCUT2D eigenvalue weighted by Crippen LogP contribution is -2.44. The summed E-state index contributed by atoms with van der Waals surface area (Å²) in [6, 6.07) is 6.35. The lowest BCUT2D eigenvalue weighted by atomic mass is 9.89. The fraction of sp³-hybridized carbons (Fsp3) is 0.538. The molecule has 16 heavy (non-hydrogen) atoms. The Labute approximate surface area is 98.0 Å². The molecule has 0 aliphatic carbocycles. The van der Waals surface area contributed by atoms with E-state index in [2.05, 4.69) is 37.5 Å². The van der Waals surface area contributed by atoms with Gasteiger partial charge in [-0.2, -0.15) is 0 Å².